The molecule has 2 rings (SSSR count). The van der Waals surface area contributed by atoms with Crippen molar-refractivity contribution in [2.75, 3.05) is 33.1 Å². The van der Waals surface area contributed by atoms with Crippen LogP contribution in [0.2, 0.25) is 0 Å². The van der Waals surface area contributed by atoms with E-state index >= 15 is 0 Å². The molecule has 0 unspecified atom stereocenters. The molecule has 0 bridgehead atoms. The van der Waals surface area contributed by atoms with E-state index in [-0.39, 0.29) is 41.2 Å². The zero-order valence-electron chi connectivity index (χ0n) is 15.0. The first kappa shape index (κ1) is 20.0. The summed E-state index contributed by atoms with van der Waals surface area (Å²) in [6.07, 6.45) is -0.199. The standard InChI is InChI=1S/C17H23NO7S/c1-11-9-18(10-13(11)17(20)21)16(19)6-7-26(22,23)12-4-5-14(24-2)15(8-12)25-3/h4-5,8,11,13H,6-7,9-10H2,1-3H3,(H,20,21)/t11-,13-/m1/s1. The summed E-state index contributed by atoms with van der Waals surface area (Å²) in [4.78, 5) is 24.9. The minimum Gasteiger partial charge on any atom is -0.493 e. The van der Waals surface area contributed by atoms with E-state index in [1.807, 2.05) is 0 Å². The normalized spacial score (nSPS) is 20.0. The van der Waals surface area contributed by atoms with Gasteiger partial charge in [0.2, 0.25) is 5.91 Å². The second kappa shape index (κ2) is 7.94. The van der Waals surface area contributed by atoms with E-state index in [1.54, 1.807) is 6.92 Å². The monoisotopic (exact) mass is 385 g/mol. The van der Waals surface area contributed by atoms with Gasteiger partial charge in [0.1, 0.15) is 0 Å². The fourth-order valence-electron chi connectivity index (χ4n) is 3.00. The molecule has 1 saturated heterocycles. The van der Waals surface area contributed by atoms with Crippen molar-refractivity contribution in [2.45, 2.75) is 18.2 Å². The van der Waals surface area contributed by atoms with Crippen molar-refractivity contribution in [2.24, 2.45) is 11.8 Å². The third-order valence-electron chi connectivity index (χ3n) is 4.58. The maximum absolute atomic E-state index is 12.5. The number of carboxylic acid groups (broad SMARTS) is 1. The van der Waals surface area contributed by atoms with Crippen molar-refractivity contribution in [3.05, 3.63) is 18.2 Å². The molecule has 0 spiro atoms. The molecule has 1 heterocycles. The quantitative estimate of drug-likeness (QED) is 0.747. The van der Waals surface area contributed by atoms with E-state index < -0.39 is 21.7 Å². The highest BCUT2D eigenvalue weighted by molar-refractivity contribution is 7.91. The highest BCUT2D eigenvalue weighted by Gasteiger charge is 2.37. The number of carboxylic acids is 1. The van der Waals surface area contributed by atoms with Gasteiger partial charge in [0.15, 0.2) is 21.3 Å². The van der Waals surface area contributed by atoms with Gasteiger partial charge in [-0.1, -0.05) is 6.92 Å². The molecule has 0 aromatic heterocycles. The Labute approximate surface area is 152 Å². The molecule has 1 aromatic carbocycles. The lowest BCUT2D eigenvalue weighted by molar-refractivity contribution is -0.142. The number of aliphatic carboxylic acids is 1. The van der Waals surface area contributed by atoms with Crippen LogP contribution in [-0.4, -0.2) is 63.4 Å². The minimum atomic E-state index is -3.69. The van der Waals surface area contributed by atoms with Gasteiger partial charge in [0, 0.05) is 25.6 Å². The predicted octanol–water partition coefficient (Wildman–Crippen LogP) is 1.05. The maximum atomic E-state index is 12.5. The smallest absolute Gasteiger partial charge is 0.308 e. The highest BCUT2D eigenvalue weighted by Crippen LogP contribution is 2.30. The predicted molar refractivity (Wildman–Crippen MR) is 93.1 cm³/mol. The number of rotatable bonds is 7. The van der Waals surface area contributed by atoms with Crippen molar-refractivity contribution in [3.8, 4) is 11.5 Å². The number of carbonyl (C=O) groups is 2. The molecule has 0 radical (unpaired) electrons. The largest absolute Gasteiger partial charge is 0.493 e. The molecule has 26 heavy (non-hydrogen) atoms. The van der Waals surface area contributed by atoms with Gasteiger partial charge < -0.3 is 19.5 Å². The number of amides is 1. The number of sulfone groups is 1. The van der Waals surface area contributed by atoms with Gasteiger partial charge in [0.05, 0.1) is 30.8 Å². The van der Waals surface area contributed by atoms with Crippen LogP contribution < -0.4 is 9.47 Å². The summed E-state index contributed by atoms with van der Waals surface area (Å²) in [5.74, 6) is -1.72. The van der Waals surface area contributed by atoms with Crippen molar-refractivity contribution in [1.82, 2.24) is 4.90 Å². The Kier molecular flexibility index (Phi) is 6.12. The zero-order chi connectivity index (χ0) is 19.5. The average Bonchev–Trinajstić information content (AvgIpc) is 3.01. The number of methoxy groups -OCH3 is 2. The zero-order valence-corrected chi connectivity index (χ0v) is 15.8. The van der Waals surface area contributed by atoms with Gasteiger partial charge in [-0.3, -0.25) is 9.59 Å². The van der Waals surface area contributed by atoms with Crippen LogP contribution in [0.3, 0.4) is 0 Å². The number of nitrogens with zero attached hydrogens (tertiary/aromatic N) is 1. The first-order valence-corrected chi connectivity index (χ1v) is 9.80. The maximum Gasteiger partial charge on any atom is 0.308 e. The topological polar surface area (TPSA) is 110 Å². The van der Waals surface area contributed by atoms with Crippen molar-refractivity contribution < 1.29 is 32.6 Å². The number of hydrogen-bond acceptors (Lipinski definition) is 6. The van der Waals surface area contributed by atoms with Crippen LogP contribution in [0.25, 0.3) is 0 Å². The summed E-state index contributed by atoms with van der Waals surface area (Å²) in [7, 11) is -0.827. The van der Waals surface area contributed by atoms with Crippen molar-refractivity contribution in [3.63, 3.8) is 0 Å². The summed E-state index contributed by atoms with van der Waals surface area (Å²) >= 11 is 0. The lowest BCUT2D eigenvalue weighted by atomic mass is 9.99. The molecule has 0 saturated carbocycles. The van der Waals surface area contributed by atoms with Crippen LogP contribution in [0.1, 0.15) is 13.3 Å². The molecule has 0 aliphatic carbocycles. The lowest BCUT2D eigenvalue weighted by Crippen LogP contribution is -2.31. The Morgan fingerprint density at radius 3 is 2.38 bits per heavy atom. The lowest BCUT2D eigenvalue weighted by Gasteiger charge is -2.16. The van der Waals surface area contributed by atoms with Gasteiger partial charge in [-0.25, -0.2) is 8.42 Å². The molecule has 1 fully saturated rings. The van der Waals surface area contributed by atoms with E-state index in [0.29, 0.717) is 12.3 Å². The molecular formula is C17H23NO7S. The van der Waals surface area contributed by atoms with Crippen molar-refractivity contribution in [1.29, 1.82) is 0 Å². The Hall–Kier alpha value is -2.29. The van der Waals surface area contributed by atoms with Gasteiger partial charge in [-0.15, -0.1) is 0 Å². The van der Waals surface area contributed by atoms with E-state index in [9.17, 15) is 18.0 Å². The molecule has 1 aliphatic rings. The molecule has 144 valence electrons. The average molecular weight is 385 g/mol. The van der Waals surface area contributed by atoms with Gasteiger partial charge in [0.25, 0.3) is 0 Å². The number of likely N-dealkylation sites (tertiary alicyclic amines) is 1. The third-order valence-corrected chi connectivity index (χ3v) is 6.29. The van der Waals surface area contributed by atoms with E-state index in [1.165, 1.54) is 37.3 Å². The van der Waals surface area contributed by atoms with E-state index in [2.05, 4.69) is 0 Å². The summed E-state index contributed by atoms with van der Waals surface area (Å²) < 4.78 is 35.2. The van der Waals surface area contributed by atoms with E-state index in [4.69, 9.17) is 14.6 Å². The van der Waals surface area contributed by atoms with Crippen LogP contribution in [0.15, 0.2) is 23.1 Å². The van der Waals surface area contributed by atoms with Crippen LogP contribution in [0.5, 0.6) is 11.5 Å². The van der Waals surface area contributed by atoms with Crippen LogP contribution in [0, 0.1) is 11.8 Å². The number of benzene rings is 1. The molecule has 8 nitrogen and oxygen atoms in total. The number of carbonyl (C=O) groups excluding carboxylic acids is 1. The second-order valence-electron chi connectivity index (χ2n) is 6.31. The summed E-state index contributed by atoms with van der Waals surface area (Å²) in [5.41, 5.74) is 0. The second-order valence-corrected chi connectivity index (χ2v) is 8.42. The van der Waals surface area contributed by atoms with Crippen LogP contribution >= 0.6 is 0 Å². The number of hydrogen-bond donors (Lipinski definition) is 1. The molecule has 1 N–H and O–H groups in total. The SMILES string of the molecule is COc1ccc(S(=O)(=O)CCC(=O)N2C[C@@H](C)[C@H](C(=O)O)C2)cc1OC. The highest BCUT2D eigenvalue weighted by atomic mass is 32.2. The first-order chi connectivity index (χ1) is 12.2. The van der Waals surface area contributed by atoms with E-state index in [0.717, 1.165) is 0 Å². The molecule has 1 amide bonds. The molecule has 2 atom stereocenters. The summed E-state index contributed by atoms with van der Waals surface area (Å²) in [6, 6.07) is 4.25. The van der Waals surface area contributed by atoms with Crippen molar-refractivity contribution >= 4 is 21.7 Å². The summed E-state index contributed by atoms with van der Waals surface area (Å²) in [5, 5.41) is 9.13. The Bertz CT molecular complexity index is 790. The van der Waals surface area contributed by atoms with Crippen LogP contribution in [-0.2, 0) is 19.4 Å². The fraction of sp³-hybridized carbons (Fsp3) is 0.529. The van der Waals surface area contributed by atoms with Gasteiger partial charge in [-0.05, 0) is 18.1 Å². The molecule has 1 aromatic rings. The van der Waals surface area contributed by atoms with Crippen LogP contribution in [0.4, 0.5) is 0 Å². The minimum absolute atomic E-state index is 0.0427. The fourth-order valence-corrected chi connectivity index (χ4v) is 4.24. The molecule has 1 aliphatic heterocycles. The Morgan fingerprint density at radius 1 is 1.19 bits per heavy atom. The van der Waals surface area contributed by atoms with Gasteiger partial charge in [-0.2, -0.15) is 0 Å². The molecule has 9 heteroatoms. The Morgan fingerprint density at radius 2 is 1.85 bits per heavy atom. The summed E-state index contributed by atoms with van der Waals surface area (Å²) in [6.45, 7) is 2.21. The molecular weight excluding hydrogens is 362 g/mol. The first-order valence-electron chi connectivity index (χ1n) is 8.15. The van der Waals surface area contributed by atoms with Gasteiger partial charge >= 0.3 is 5.97 Å². The number of ether oxygens (including phenoxy) is 2. The Balaban J connectivity index is 2.04. The third kappa shape index (κ3) is 4.27.